The molecule has 0 unspecified atom stereocenters. The van der Waals surface area contributed by atoms with Crippen molar-refractivity contribution >= 4 is 37.6 Å². The minimum Gasteiger partial charge on any atom is -0.497 e. The molecule has 0 aromatic heterocycles. The summed E-state index contributed by atoms with van der Waals surface area (Å²) in [5.74, 6) is -0.163. The van der Waals surface area contributed by atoms with Crippen LogP contribution in [0, 0.1) is 0 Å². The van der Waals surface area contributed by atoms with E-state index in [9.17, 15) is 21.6 Å². The topological polar surface area (TPSA) is 110 Å². The Hall–Kier alpha value is -2.18. The molecule has 0 atom stereocenters. The minimum absolute atomic E-state index is 0.0259. The summed E-state index contributed by atoms with van der Waals surface area (Å²) in [5.41, 5.74) is 0.0474. The molecule has 1 aliphatic rings. The summed E-state index contributed by atoms with van der Waals surface area (Å²) in [6.45, 7) is -0.170. The van der Waals surface area contributed by atoms with E-state index in [1.807, 2.05) is 0 Å². The molecule has 0 radical (unpaired) electrons. The molecule has 0 spiro atoms. The van der Waals surface area contributed by atoms with Crippen molar-refractivity contribution in [3.05, 3.63) is 53.1 Å². The molecule has 0 bridgehead atoms. The average molecular weight is 489 g/mol. The van der Waals surface area contributed by atoms with Gasteiger partial charge in [0.2, 0.25) is 20.0 Å². The Morgan fingerprint density at radius 2 is 1.42 bits per heavy atom. The Bertz CT molecular complexity index is 1170. The second-order valence-corrected chi connectivity index (χ2v) is 10.9. The maximum Gasteiger partial charge on any atom is 0.337 e. The second-order valence-electron chi connectivity index (χ2n) is 6.62. The Morgan fingerprint density at radius 3 is 1.94 bits per heavy atom. The lowest BCUT2D eigenvalue weighted by molar-refractivity contribution is 0.0600. The van der Waals surface area contributed by atoms with Crippen molar-refractivity contribution in [2.75, 3.05) is 40.4 Å². The third-order valence-corrected chi connectivity index (χ3v) is 9.16. The number of hydrogen-bond acceptors (Lipinski definition) is 7. The Balaban J connectivity index is 1.79. The molecule has 1 heterocycles. The van der Waals surface area contributed by atoms with Gasteiger partial charge in [0, 0.05) is 26.2 Å². The lowest BCUT2D eigenvalue weighted by atomic mass is 10.2. The summed E-state index contributed by atoms with van der Waals surface area (Å²) in [6.07, 6.45) is 0. The fourth-order valence-electron chi connectivity index (χ4n) is 3.13. The number of sulfonamides is 2. The van der Waals surface area contributed by atoms with Crippen molar-refractivity contribution in [1.29, 1.82) is 0 Å². The van der Waals surface area contributed by atoms with Gasteiger partial charge < -0.3 is 9.47 Å². The van der Waals surface area contributed by atoms with Crippen molar-refractivity contribution in [2.45, 2.75) is 9.79 Å². The summed E-state index contributed by atoms with van der Waals surface area (Å²) in [6, 6.07) is 9.81. The van der Waals surface area contributed by atoms with Crippen LogP contribution in [0.15, 0.2) is 52.3 Å². The van der Waals surface area contributed by atoms with Crippen LogP contribution in [-0.4, -0.2) is 71.8 Å². The van der Waals surface area contributed by atoms with Gasteiger partial charge in [-0.1, -0.05) is 11.6 Å². The van der Waals surface area contributed by atoms with E-state index < -0.39 is 26.0 Å². The molecule has 9 nitrogen and oxygen atoms in total. The van der Waals surface area contributed by atoms with E-state index in [1.165, 1.54) is 42.8 Å². The summed E-state index contributed by atoms with van der Waals surface area (Å²) >= 11 is 6.08. The zero-order valence-corrected chi connectivity index (χ0v) is 19.2. The molecular formula is C19H21ClN2O7S2. The molecule has 2 aromatic rings. The average Bonchev–Trinajstić information content (AvgIpc) is 2.78. The number of carbonyl (C=O) groups excluding carboxylic acids is 1. The first-order valence-corrected chi connectivity index (χ1v) is 12.4. The monoisotopic (exact) mass is 488 g/mol. The first-order valence-electron chi connectivity index (χ1n) is 9.13. The Labute approximate surface area is 186 Å². The van der Waals surface area contributed by atoms with E-state index in [2.05, 4.69) is 4.74 Å². The highest BCUT2D eigenvalue weighted by Crippen LogP contribution is 2.28. The summed E-state index contributed by atoms with van der Waals surface area (Å²) in [4.78, 5) is 11.6. The molecule has 0 N–H and O–H groups in total. The number of methoxy groups -OCH3 is 2. The molecule has 1 aliphatic heterocycles. The quantitative estimate of drug-likeness (QED) is 0.570. The lowest BCUT2D eigenvalue weighted by Crippen LogP contribution is -2.50. The predicted molar refractivity (Wildman–Crippen MR) is 113 cm³/mol. The molecule has 1 saturated heterocycles. The molecule has 0 amide bonds. The van der Waals surface area contributed by atoms with Gasteiger partial charge in [-0.2, -0.15) is 8.61 Å². The molecule has 2 aromatic carbocycles. The van der Waals surface area contributed by atoms with Crippen LogP contribution in [0.4, 0.5) is 0 Å². The van der Waals surface area contributed by atoms with E-state index in [0.29, 0.717) is 5.75 Å². The van der Waals surface area contributed by atoms with Gasteiger partial charge in [0.25, 0.3) is 0 Å². The lowest BCUT2D eigenvalue weighted by Gasteiger charge is -2.33. The third-order valence-electron chi connectivity index (χ3n) is 4.86. The summed E-state index contributed by atoms with van der Waals surface area (Å²) in [7, 11) is -5.15. The second kappa shape index (κ2) is 9.13. The highest BCUT2D eigenvalue weighted by molar-refractivity contribution is 7.89. The molecule has 168 valence electrons. The van der Waals surface area contributed by atoms with Crippen LogP contribution in [0.3, 0.4) is 0 Å². The maximum absolute atomic E-state index is 13.1. The Morgan fingerprint density at radius 1 is 0.871 bits per heavy atom. The van der Waals surface area contributed by atoms with Gasteiger partial charge in [0.1, 0.15) is 10.6 Å². The van der Waals surface area contributed by atoms with E-state index in [0.717, 1.165) is 10.4 Å². The van der Waals surface area contributed by atoms with Crippen LogP contribution in [0.5, 0.6) is 5.75 Å². The highest BCUT2D eigenvalue weighted by Gasteiger charge is 2.35. The molecule has 12 heteroatoms. The number of rotatable bonds is 6. The van der Waals surface area contributed by atoms with E-state index in [1.54, 1.807) is 12.1 Å². The van der Waals surface area contributed by atoms with Crippen molar-refractivity contribution in [2.24, 2.45) is 0 Å². The van der Waals surface area contributed by atoms with Crippen LogP contribution in [-0.2, 0) is 24.8 Å². The van der Waals surface area contributed by atoms with Gasteiger partial charge in [-0.15, -0.1) is 0 Å². The maximum atomic E-state index is 13.1. The normalized spacial score (nSPS) is 16.1. The van der Waals surface area contributed by atoms with Crippen LogP contribution >= 0.6 is 11.6 Å². The van der Waals surface area contributed by atoms with Gasteiger partial charge >= 0.3 is 5.97 Å². The van der Waals surface area contributed by atoms with Gasteiger partial charge in [0.05, 0.1) is 29.7 Å². The number of benzene rings is 2. The number of halogens is 1. The number of hydrogen-bond donors (Lipinski definition) is 0. The number of carbonyl (C=O) groups is 1. The highest BCUT2D eigenvalue weighted by atomic mass is 35.5. The van der Waals surface area contributed by atoms with E-state index in [-0.39, 0.29) is 46.6 Å². The van der Waals surface area contributed by atoms with Crippen LogP contribution in [0.2, 0.25) is 5.02 Å². The largest absolute Gasteiger partial charge is 0.497 e. The number of esters is 1. The number of nitrogens with zero attached hydrogens (tertiary/aromatic N) is 2. The van der Waals surface area contributed by atoms with Gasteiger partial charge in [-0.25, -0.2) is 21.6 Å². The zero-order chi connectivity index (χ0) is 22.8. The first-order chi connectivity index (χ1) is 14.6. The molecule has 31 heavy (non-hydrogen) atoms. The SMILES string of the molecule is COC(=O)c1ccc(Cl)c(S(=O)(=O)N2CCN(S(=O)(=O)c3ccc(OC)cc3)CC2)c1. The third kappa shape index (κ3) is 4.70. The molecule has 1 fully saturated rings. The van der Waals surface area contributed by atoms with Gasteiger partial charge in [0.15, 0.2) is 0 Å². The minimum atomic E-state index is -4.04. The van der Waals surface area contributed by atoms with Crippen molar-refractivity contribution < 1.29 is 31.1 Å². The zero-order valence-electron chi connectivity index (χ0n) is 16.8. The van der Waals surface area contributed by atoms with Crippen LogP contribution in [0.1, 0.15) is 10.4 Å². The van der Waals surface area contributed by atoms with Crippen molar-refractivity contribution in [1.82, 2.24) is 8.61 Å². The van der Waals surface area contributed by atoms with E-state index >= 15 is 0 Å². The van der Waals surface area contributed by atoms with Gasteiger partial charge in [-0.3, -0.25) is 0 Å². The summed E-state index contributed by atoms with van der Waals surface area (Å²) in [5, 5.41) is -0.0408. The number of piperazine rings is 1. The number of ether oxygens (including phenoxy) is 2. The standard InChI is InChI=1S/C19H21ClN2O7S2/c1-28-15-4-6-16(7-5-15)30(24,25)21-9-11-22(12-10-21)31(26,27)18-13-14(19(23)29-2)3-8-17(18)20/h3-8,13H,9-12H2,1-2H3. The molecule has 0 aliphatic carbocycles. The summed E-state index contributed by atoms with van der Waals surface area (Å²) < 4.78 is 63.9. The molecule has 3 rings (SSSR count). The molecular weight excluding hydrogens is 468 g/mol. The van der Waals surface area contributed by atoms with Crippen LogP contribution < -0.4 is 4.74 Å². The first kappa shape index (κ1) is 23.5. The fourth-order valence-corrected chi connectivity index (χ4v) is 6.48. The Kier molecular flexibility index (Phi) is 6.92. The smallest absolute Gasteiger partial charge is 0.337 e. The van der Waals surface area contributed by atoms with Gasteiger partial charge in [-0.05, 0) is 42.5 Å². The van der Waals surface area contributed by atoms with Crippen LogP contribution in [0.25, 0.3) is 0 Å². The fraction of sp³-hybridized carbons (Fsp3) is 0.316. The molecule has 0 saturated carbocycles. The van der Waals surface area contributed by atoms with E-state index in [4.69, 9.17) is 16.3 Å². The van der Waals surface area contributed by atoms with Crippen molar-refractivity contribution in [3.8, 4) is 5.75 Å². The predicted octanol–water partition coefficient (Wildman–Crippen LogP) is 1.83. The van der Waals surface area contributed by atoms with Crippen molar-refractivity contribution in [3.63, 3.8) is 0 Å².